The number of hydrogen-bond donors (Lipinski definition) is 0. The average molecular weight is 437 g/mol. The third-order valence-electron chi connectivity index (χ3n) is 11.4. The van der Waals surface area contributed by atoms with Gasteiger partial charge in [0.2, 0.25) is 0 Å². The molecule has 12 rings (SSSR count). The molecule has 4 aromatic carbocycles. The van der Waals surface area contributed by atoms with Gasteiger partial charge in [0.15, 0.2) is 0 Å². The number of fused-ring (bicyclic) bond motifs is 6. The Bertz CT molecular complexity index is 1740. The molecule has 0 atom stereocenters. The first kappa shape index (κ1) is 16.2. The van der Waals surface area contributed by atoms with Crippen LogP contribution >= 0.6 is 0 Å². The number of rotatable bonds is 2. The van der Waals surface area contributed by atoms with E-state index in [9.17, 15) is 0 Å². The lowest BCUT2D eigenvalue weighted by molar-refractivity contribution is -0.596. The highest BCUT2D eigenvalue weighted by molar-refractivity contribution is 6.06. The fourth-order valence-electron chi connectivity index (χ4n) is 10.7. The maximum Gasteiger partial charge on any atom is 0.135 e. The Morgan fingerprint density at radius 3 is 1.24 bits per heavy atom. The molecule has 6 fully saturated rings. The molecular weight excluding hydrogens is 416 g/mol. The van der Waals surface area contributed by atoms with E-state index < -0.39 is 0 Å². The van der Waals surface area contributed by atoms with Gasteiger partial charge in [-0.2, -0.15) is 0 Å². The molecule has 6 saturated carbocycles. The van der Waals surface area contributed by atoms with E-state index in [-0.39, 0.29) is 0 Å². The lowest BCUT2D eigenvalue weighted by Gasteiger charge is -3.12. The van der Waals surface area contributed by atoms with Crippen molar-refractivity contribution < 1.29 is 8.83 Å². The summed E-state index contributed by atoms with van der Waals surface area (Å²) in [5.74, 6) is 5.34. The topological polar surface area (TPSA) is 26.3 Å². The van der Waals surface area contributed by atoms with Crippen molar-refractivity contribution >= 4 is 43.9 Å². The zero-order valence-corrected chi connectivity index (χ0v) is 18.4. The number of benzene rings is 4. The molecule has 0 amide bonds. The summed E-state index contributed by atoms with van der Waals surface area (Å²) in [6, 6.07) is 31.1. The number of para-hydroxylation sites is 2. The molecule has 0 unspecified atom stereocenters. The number of furan rings is 2. The Kier molecular flexibility index (Phi) is 2.16. The van der Waals surface area contributed by atoms with Crippen LogP contribution in [0.15, 0.2) is 93.8 Å². The minimum absolute atomic E-state index is 0.471. The summed E-state index contributed by atoms with van der Waals surface area (Å²) < 4.78 is 12.5. The van der Waals surface area contributed by atoms with Crippen LogP contribution in [0, 0.1) is 35.5 Å². The summed E-state index contributed by atoms with van der Waals surface area (Å²) >= 11 is 0. The smallest absolute Gasteiger partial charge is 0.135 e. The number of hydrogen-bond acceptors (Lipinski definition) is 2. The molecule has 0 aliphatic heterocycles. The lowest BCUT2D eigenvalue weighted by atomic mass is 8.91. The summed E-state index contributed by atoms with van der Waals surface area (Å²) in [6.45, 7) is 0. The summed E-state index contributed by atoms with van der Waals surface area (Å²) in [4.78, 5) is 0. The van der Waals surface area contributed by atoms with E-state index in [4.69, 9.17) is 8.83 Å². The van der Waals surface area contributed by atoms with E-state index in [1.807, 2.05) is 0 Å². The maximum absolute atomic E-state index is 6.25. The van der Waals surface area contributed by atoms with Crippen molar-refractivity contribution in [1.82, 2.24) is 0 Å². The van der Waals surface area contributed by atoms with Crippen molar-refractivity contribution in [3.63, 3.8) is 0 Å². The molecule has 0 radical (unpaired) electrons. The Morgan fingerprint density at radius 2 is 0.794 bits per heavy atom. The van der Waals surface area contributed by atoms with Crippen LogP contribution in [0.25, 0.3) is 43.9 Å². The largest absolute Gasteiger partial charge is 0.456 e. The van der Waals surface area contributed by atoms with Gasteiger partial charge in [0.05, 0.1) is 0 Å². The van der Waals surface area contributed by atoms with Crippen LogP contribution in [0.2, 0.25) is 0 Å². The van der Waals surface area contributed by atoms with Gasteiger partial charge in [-0.15, -0.1) is 0 Å². The Hall–Kier alpha value is -3.52. The first-order valence-electron chi connectivity index (χ1n) is 12.7. The van der Waals surface area contributed by atoms with Crippen molar-refractivity contribution in [1.29, 1.82) is 0 Å². The summed E-state index contributed by atoms with van der Waals surface area (Å²) in [7, 11) is 0. The molecule has 0 saturated heterocycles. The standard InChI is InChI=1S/C32H20O2/c1-3-7-21-17(5-1)19-11-9-15(13-23(19)33-21)31-25-28-26(31)30-27(31)29(25)32(28,30)16-10-12-20-18-6-2-4-8-22(18)34-24(20)14-16/h1-14,25-30H. The summed E-state index contributed by atoms with van der Waals surface area (Å²) in [6.07, 6.45) is 0. The SMILES string of the molecule is c1ccc2c(c1)oc1cc(C34C5C6C3C3C4C5C63c3ccc4c(c3)oc3ccccc34)ccc12. The maximum atomic E-state index is 6.25. The van der Waals surface area contributed by atoms with Crippen LogP contribution in [0.3, 0.4) is 0 Å². The van der Waals surface area contributed by atoms with Gasteiger partial charge in [-0.1, -0.05) is 60.7 Å². The van der Waals surface area contributed by atoms with E-state index in [1.54, 1.807) is 11.1 Å². The second kappa shape index (κ2) is 4.55. The molecule has 0 bridgehead atoms. The predicted octanol–water partition coefficient (Wildman–Crippen LogP) is 7.43. The summed E-state index contributed by atoms with van der Waals surface area (Å²) in [5.41, 5.74) is 8.20. The first-order chi connectivity index (χ1) is 16.8. The van der Waals surface area contributed by atoms with Crippen molar-refractivity contribution in [3.8, 4) is 0 Å². The highest BCUT2D eigenvalue weighted by Crippen LogP contribution is 3.09. The van der Waals surface area contributed by atoms with Gasteiger partial charge >= 0.3 is 0 Å². The van der Waals surface area contributed by atoms with Crippen LogP contribution in [0.5, 0.6) is 0 Å². The van der Waals surface area contributed by atoms with Gasteiger partial charge in [0.1, 0.15) is 22.3 Å². The van der Waals surface area contributed by atoms with Gasteiger partial charge in [-0.3, -0.25) is 0 Å². The molecule has 160 valence electrons. The minimum Gasteiger partial charge on any atom is -0.456 e. The Balaban J connectivity index is 1.01. The first-order valence-corrected chi connectivity index (χ1v) is 12.7. The monoisotopic (exact) mass is 436 g/mol. The molecule has 0 spiro atoms. The molecule has 6 aliphatic carbocycles. The van der Waals surface area contributed by atoms with Crippen molar-refractivity contribution in [3.05, 3.63) is 96.1 Å². The second-order valence-corrected chi connectivity index (χ2v) is 11.6. The predicted molar refractivity (Wildman–Crippen MR) is 132 cm³/mol. The molecule has 2 aromatic heterocycles. The van der Waals surface area contributed by atoms with E-state index in [1.165, 1.54) is 21.5 Å². The highest BCUT2D eigenvalue weighted by atomic mass is 16.3. The van der Waals surface area contributed by atoms with Gasteiger partial charge in [0, 0.05) is 32.4 Å². The molecule has 2 heterocycles. The molecule has 6 aromatic rings. The molecule has 2 nitrogen and oxygen atoms in total. The van der Waals surface area contributed by atoms with Crippen molar-refractivity contribution in [2.24, 2.45) is 35.5 Å². The van der Waals surface area contributed by atoms with Crippen LogP contribution < -0.4 is 0 Å². The molecule has 34 heavy (non-hydrogen) atoms. The zero-order chi connectivity index (χ0) is 21.6. The van der Waals surface area contributed by atoms with Crippen LogP contribution in [-0.4, -0.2) is 0 Å². The lowest BCUT2D eigenvalue weighted by Crippen LogP contribution is -3.12. The van der Waals surface area contributed by atoms with Crippen molar-refractivity contribution in [2.75, 3.05) is 0 Å². The third-order valence-corrected chi connectivity index (χ3v) is 11.4. The van der Waals surface area contributed by atoms with Crippen LogP contribution in [-0.2, 0) is 10.8 Å². The minimum atomic E-state index is 0.471. The van der Waals surface area contributed by atoms with Crippen LogP contribution in [0.1, 0.15) is 11.1 Å². The van der Waals surface area contributed by atoms with E-state index in [2.05, 4.69) is 84.9 Å². The highest BCUT2D eigenvalue weighted by Gasteiger charge is 3.09. The van der Waals surface area contributed by atoms with E-state index in [0.29, 0.717) is 10.8 Å². The normalized spacial score (nSPS) is 39.4. The van der Waals surface area contributed by atoms with Gasteiger partial charge in [-0.05, 0) is 70.9 Å². The zero-order valence-electron chi connectivity index (χ0n) is 18.4. The van der Waals surface area contributed by atoms with Gasteiger partial charge < -0.3 is 8.83 Å². The molecule has 0 N–H and O–H groups in total. The third kappa shape index (κ3) is 1.23. The molecule has 2 heteroatoms. The molecular formula is C32H20O2. The second-order valence-electron chi connectivity index (χ2n) is 11.6. The quantitative estimate of drug-likeness (QED) is 0.282. The molecule has 6 aliphatic rings. The van der Waals surface area contributed by atoms with E-state index >= 15 is 0 Å². The Labute approximate surface area is 195 Å². The fourth-order valence-corrected chi connectivity index (χ4v) is 10.7. The van der Waals surface area contributed by atoms with Gasteiger partial charge in [0.25, 0.3) is 0 Å². The fraction of sp³-hybridized carbons (Fsp3) is 0.250. The summed E-state index contributed by atoms with van der Waals surface area (Å²) in [5, 5.41) is 4.98. The van der Waals surface area contributed by atoms with E-state index in [0.717, 1.165) is 57.8 Å². The van der Waals surface area contributed by atoms with Gasteiger partial charge in [-0.25, -0.2) is 0 Å². The Morgan fingerprint density at radius 1 is 0.412 bits per heavy atom. The van der Waals surface area contributed by atoms with Crippen molar-refractivity contribution in [2.45, 2.75) is 10.8 Å². The average Bonchev–Trinajstić information content (AvgIpc) is 3.45. The van der Waals surface area contributed by atoms with Crippen LogP contribution in [0.4, 0.5) is 0 Å².